The highest BCUT2D eigenvalue weighted by Gasteiger charge is 2.53. The first-order valence-electron chi connectivity index (χ1n) is 10.3. The van der Waals surface area contributed by atoms with E-state index in [0.717, 1.165) is 38.8 Å². The van der Waals surface area contributed by atoms with Crippen LogP contribution >= 0.6 is 0 Å². The van der Waals surface area contributed by atoms with E-state index in [-0.39, 0.29) is 22.7 Å². The number of esters is 1. The highest BCUT2D eigenvalue weighted by atomic mass is 16.5. The predicted octanol–water partition coefficient (Wildman–Crippen LogP) is 4.03. The molecule has 27 heavy (non-hydrogen) atoms. The van der Waals surface area contributed by atoms with E-state index in [1.807, 2.05) is 0 Å². The largest absolute Gasteiger partial charge is 0.465 e. The minimum absolute atomic E-state index is 0.0247. The zero-order valence-electron chi connectivity index (χ0n) is 16.8. The summed E-state index contributed by atoms with van der Waals surface area (Å²) in [5.74, 6) is 0.839. The number of nitrogens with zero attached hydrogens (tertiary/aromatic N) is 1. The Labute approximate surface area is 162 Å². The van der Waals surface area contributed by atoms with Gasteiger partial charge < -0.3 is 9.64 Å². The third-order valence-corrected chi connectivity index (χ3v) is 6.80. The smallest absolute Gasteiger partial charge is 0.306 e. The highest BCUT2D eigenvalue weighted by molar-refractivity contribution is 5.81. The van der Waals surface area contributed by atoms with Gasteiger partial charge in [-0.2, -0.15) is 0 Å². The monoisotopic (exact) mass is 369 g/mol. The van der Waals surface area contributed by atoms with Gasteiger partial charge >= 0.3 is 5.97 Å². The number of ether oxygens (including phenoxy) is 1. The first-order valence-corrected chi connectivity index (χ1v) is 10.3. The van der Waals surface area contributed by atoms with Crippen molar-refractivity contribution in [1.82, 2.24) is 4.90 Å². The maximum Gasteiger partial charge on any atom is 0.306 e. The van der Waals surface area contributed by atoms with Gasteiger partial charge in [0.25, 0.3) is 0 Å². The molecular weight excluding hydrogens is 338 g/mol. The molecule has 1 aromatic rings. The van der Waals surface area contributed by atoms with Gasteiger partial charge in [0, 0.05) is 24.4 Å². The molecule has 0 radical (unpaired) electrons. The lowest BCUT2D eigenvalue weighted by Gasteiger charge is -2.45. The molecule has 3 aliphatic rings. The summed E-state index contributed by atoms with van der Waals surface area (Å²) in [5, 5.41) is 0. The van der Waals surface area contributed by atoms with Crippen LogP contribution in [-0.2, 0) is 19.7 Å². The zero-order valence-corrected chi connectivity index (χ0v) is 16.8. The van der Waals surface area contributed by atoms with E-state index in [1.54, 1.807) is 0 Å². The van der Waals surface area contributed by atoms with Gasteiger partial charge in [-0.05, 0) is 48.1 Å². The number of carbonyl (C=O) groups is 2. The fourth-order valence-corrected chi connectivity index (χ4v) is 5.01. The number of hydrogen-bond donors (Lipinski definition) is 0. The van der Waals surface area contributed by atoms with Gasteiger partial charge in [-0.1, -0.05) is 45.0 Å². The van der Waals surface area contributed by atoms with Crippen molar-refractivity contribution in [3.05, 3.63) is 35.4 Å². The lowest BCUT2D eigenvalue weighted by molar-refractivity contribution is -0.144. The third-order valence-electron chi connectivity index (χ3n) is 6.80. The summed E-state index contributed by atoms with van der Waals surface area (Å²) in [4.78, 5) is 26.3. The number of benzene rings is 1. The van der Waals surface area contributed by atoms with Crippen LogP contribution in [0.25, 0.3) is 0 Å². The fourth-order valence-electron chi connectivity index (χ4n) is 5.01. The number of likely N-dealkylation sites (tertiary alicyclic amines) is 1. The first kappa shape index (κ1) is 18.5. The van der Waals surface area contributed by atoms with Crippen LogP contribution in [0, 0.1) is 11.3 Å². The Bertz CT molecular complexity index is 734. The summed E-state index contributed by atoms with van der Waals surface area (Å²) in [6.45, 7) is 8.97. The van der Waals surface area contributed by atoms with Crippen molar-refractivity contribution >= 4 is 11.9 Å². The third kappa shape index (κ3) is 3.63. The topological polar surface area (TPSA) is 46.6 Å². The van der Waals surface area contributed by atoms with Crippen molar-refractivity contribution < 1.29 is 14.3 Å². The average molecular weight is 370 g/mol. The number of rotatable bonds is 2. The Kier molecular flexibility index (Phi) is 4.56. The lowest BCUT2D eigenvalue weighted by Crippen LogP contribution is -2.49. The normalized spacial score (nSPS) is 28.9. The zero-order chi connectivity index (χ0) is 19.2. The summed E-state index contributed by atoms with van der Waals surface area (Å²) in [6, 6.07) is 8.98. The molecule has 146 valence electrons. The maximum atomic E-state index is 12.8. The van der Waals surface area contributed by atoms with Crippen LogP contribution in [0.5, 0.6) is 0 Å². The molecule has 0 unspecified atom stereocenters. The maximum absolute atomic E-state index is 12.8. The van der Waals surface area contributed by atoms with Crippen LogP contribution < -0.4 is 0 Å². The van der Waals surface area contributed by atoms with E-state index in [4.69, 9.17) is 4.74 Å². The van der Waals surface area contributed by atoms with Gasteiger partial charge in [0.2, 0.25) is 5.91 Å². The summed E-state index contributed by atoms with van der Waals surface area (Å²) in [7, 11) is 0. The Morgan fingerprint density at radius 2 is 1.89 bits per heavy atom. The molecule has 4 heteroatoms. The molecule has 1 spiro atoms. The molecule has 4 nitrogen and oxygen atoms in total. The van der Waals surface area contributed by atoms with E-state index in [2.05, 4.69) is 49.9 Å². The number of piperidine rings is 1. The van der Waals surface area contributed by atoms with E-state index >= 15 is 0 Å². The van der Waals surface area contributed by atoms with E-state index < -0.39 is 0 Å². The SMILES string of the molecule is CC(C)(C)c1cccc(C2CCN(C(=O)C3CC4(COC(=O)C4)C3)CC2)c1. The highest BCUT2D eigenvalue weighted by Crippen LogP contribution is 2.52. The molecule has 4 rings (SSSR count). The molecule has 0 atom stereocenters. The van der Waals surface area contributed by atoms with Gasteiger partial charge in [0.15, 0.2) is 0 Å². The van der Waals surface area contributed by atoms with Crippen LogP contribution in [0.1, 0.15) is 69.9 Å². The number of hydrogen-bond acceptors (Lipinski definition) is 3. The molecule has 0 N–H and O–H groups in total. The average Bonchev–Trinajstić information content (AvgIpc) is 3.02. The molecule has 1 aliphatic carbocycles. The molecule has 0 aromatic heterocycles. The second-order valence-electron chi connectivity index (χ2n) is 9.92. The van der Waals surface area contributed by atoms with Crippen LogP contribution in [0.2, 0.25) is 0 Å². The Balaban J connectivity index is 1.32. The van der Waals surface area contributed by atoms with Crippen LogP contribution in [0.15, 0.2) is 24.3 Å². The van der Waals surface area contributed by atoms with E-state index in [9.17, 15) is 9.59 Å². The molecule has 1 saturated carbocycles. The molecule has 1 aromatic carbocycles. The standard InChI is InChI=1S/C23H31NO3/c1-22(2,3)19-6-4-5-17(11-19)16-7-9-24(10-8-16)21(26)18-12-23(13-18)14-20(25)27-15-23/h4-6,11,16,18H,7-10,12-15H2,1-3H3. The summed E-state index contributed by atoms with van der Waals surface area (Å²) < 4.78 is 5.12. The minimum atomic E-state index is -0.0980. The molecule has 2 aliphatic heterocycles. The van der Waals surface area contributed by atoms with Crippen LogP contribution in [0.3, 0.4) is 0 Å². The quantitative estimate of drug-likeness (QED) is 0.740. The Morgan fingerprint density at radius 3 is 2.48 bits per heavy atom. The van der Waals surface area contributed by atoms with Gasteiger partial charge in [-0.3, -0.25) is 9.59 Å². The second-order valence-corrected chi connectivity index (χ2v) is 9.92. The van der Waals surface area contributed by atoms with Crippen LogP contribution in [0.4, 0.5) is 0 Å². The molecule has 1 amide bonds. The second kappa shape index (κ2) is 6.65. The van der Waals surface area contributed by atoms with Crippen molar-refractivity contribution in [2.75, 3.05) is 19.7 Å². The molecule has 0 bridgehead atoms. The molecular formula is C23H31NO3. The Morgan fingerprint density at radius 1 is 1.19 bits per heavy atom. The van der Waals surface area contributed by atoms with Crippen molar-refractivity contribution in [3.63, 3.8) is 0 Å². The van der Waals surface area contributed by atoms with Gasteiger partial charge in [0.1, 0.15) is 0 Å². The van der Waals surface area contributed by atoms with Crippen molar-refractivity contribution in [3.8, 4) is 0 Å². The van der Waals surface area contributed by atoms with Crippen molar-refractivity contribution in [1.29, 1.82) is 0 Å². The van der Waals surface area contributed by atoms with Crippen LogP contribution in [-0.4, -0.2) is 36.5 Å². The summed E-state index contributed by atoms with van der Waals surface area (Å²) in [6.07, 6.45) is 4.23. The van der Waals surface area contributed by atoms with Gasteiger partial charge in [-0.25, -0.2) is 0 Å². The summed E-state index contributed by atoms with van der Waals surface area (Å²) in [5.41, 5.74) is 2.94. The number of cyclic esters (lactones) is 1. The molecule has 3 fully saturated rings. The Hall–Kier alpha value is -1.84. The minimum Gasteiger partial charge on any atom is -0.465 e. The first-order chi connectivity index (χ1) is 12.8. The van der Waals surface area contributed by atoms with Crippen molar-refractivity contribution in [2.24, 2.45) is 11.3 Å². The summed E-state index contributed by atoms with van der Waals surface area (Å²) >= 11 is 0. The molecule has 2 saturated heterocycles. The predicted molar refractivity (Wildman–Crippen MR) is 104 cm³/mol. The van der Waals surface area contributed by atoms with Gasteiger partial charge in [-0.15, -0.1) is 0 Å². The van der Waals surface area contributed by atoms with E-state index in [1.165, 1.54) is 11.1 Å². The van der Waals surface area contributed by atoms with Crippen molar-refractivity contribution in [2.45, 2.75) is 64.2 Å². The lowest BCUT2D eigenvalue weighted by atomic mass is 9.61. The number of amides is 1. The number of carbonyl (C=O) groups excluding carboxylic acids is 2. The van der Waals surface area contributed by atoms with E-state index in [0.29, 0.717) is 24.9 Å². The fraction of sp³-hybridized carbons (Fsp3) is 0.652. The van der Waals surface area contributed by atoms with Gasteiger partial charge in [0.05, 0.1) is 13.0 Å². The molecule has 2 heterocycles.